The molecule has 4 nitrogen and oxygen atoms in total. The van der Waals surface area contributed by atoms with E-state index in [1.54, 1.807) is 0 Å². The highest BCUT2D eigenvalue weighted by atomic mass is 32.1. The first-order valence-corrected chi connectivity index (χ1v) is 7.10. The smallest absolute Gasteiger partial charge is 0.0870 e. The van der Waals surface area contributed by atoms with Crippen LogP contribution >= 0.6 is 12.2 Å². The van der Waals surface area contributed by atoms with Crippen LogP contribution in [0.3, 0.4) is 0 Å². The van der Waals surface area contributed by atoms with Crippen LogP contribution in [0.15, 0.2) is 0 Å². The maximum atomic E-state index is 5.57. The van der Waals surface area contributed by atoms with Crippen molar-refractivity contribution >= 4 is 17.2 Å². The third-order valence-electron chi connectivity index (χ3n) is 3.78. The second-order valence-corrected chi connectivity index (χ2v) is 5.66. The third kappa shape index (κ3) is 4.50. The van der Waals surface area contributed by atoms with E-state index >= 15 is 0 Å². The first kappa shape index (κ1) is 13.2. The molecule has 2 N–H and O–H groups in total. The van der Waals surface area contributed by atoms with E-state index in [1.165, 1.54) is 39.0 Å². The largest absolute Gasteiger partial charge is 0.392 e. The van der Waals surface area contributed by atoms with Gasteiger partial charge < -0.3 is 10.6 Å². The summed E-state index contributed by atoms with van der Waals surface area (Å²) in [6.45, 7) is 10.4. The molecule has 0 bridgehead atoms. The highest BCUT2D eigenvalue weighted by molar-refractivity contribution is 7.80. The average Bonchev–Trinajstić information content (AvgIpc) is 2.80. The molecule has 0 aliphatic carbocycles. The molecule has 98 valence electrons. The zero-order valence-electron chi connectivity index (χ0n) is 10.6. The first-order valence-electron chi connectivity index (χ1n) is 6.69. The molecule has 2 aliphatic rings. The number of hydrogen-bond acceptors (Lipinski definition) is 4. The van der Waals surface area contributed by atoms with E-state index in [9.17, 15) is 0 Å². The third-order valence-corrected chi connectivity index (χ3v) is 3.90. The summed E-state index contributed by atoms with van der Waals surface area (Å²) in [7, 11) is 0. The molecule has 0 spiro atoms. The summed E-state index contributed by atoms with van der Waals surface area (Å²) in [6, 6.07) is 0. The van der Waals surface area contributed by atoms with Crippen LogP contribution in [0.2, 0.25) is 0 Å². The fourth-order valence-electron chi connectivity index (χ4n) is 2.68. The number of nitrogens with two attached hydrogens (primary N) is 1. The number of rotatable bonds is 5. The van der Waals surface area contributed by atoms with Gasteiger partial charge in [0, 0.05) is 45.8 Å². The molecule has 2 heterocycles. The molecule has 0 atom stereocenters. The highest BCUT2D eigenvalue weighted by Gasteiger charge is 2.18. The molecule has 2 fully saturated rings. The molecule has 0 amide bonds. The molecule has 0 aromatic rings. The van der Waals surface area contributed by atoms with Crippen LogP contribution < -0.4 is 5.73 Å². The first-order chi connectivity index (χ1) is 8.24. The molecule has 17 heavy (non-hydrogen) atoms. The summed E-state index contributed by atoms with van der Waals surface area (Å²) in [4.78, 5) is 8.13. The lowest BCUT2D eigenvalue weighted by Gasteiger charge is -2.35. The van der Waals surface area contributed by atoms with Crippen molar-refractivity contribution in [2.45, 2.75) is 12.8 Å². The summed E-state index contributed by atoms with van der Waals surface area (Å²) in [5, 5.41) is 0. The van der Waals surface area contributed by atoms with Crippen LogP contribution in [-0.4, -0.2) is 78.6 Å². The minimum Gasteiger partial charge on any atom is -0.392 e. The van der Waals surface area contributed by atoms with E-state index in [4.69, 9.17) is 18.0 Å². The van der Waals surface area contributed by atoms with E-state index in [1.807, 2.05) is 0 Å². The van der Waals surface area contributed by atoms with E-state index in [0.717, 1.165) is 32.7 Å². The monoisotopic (exact) mass is 256 g/mol. The van der Waals surface area contributed by atoms with Crippen molar-refractivity contribution in [3.63, 3.8) is 0 Å². The summed E-state index contributed by atoms with van der Waals surface area (Å²) in [6.07, 6.45) is 2.78. The summed E-state index contributed by atoms with van der Waals surface area (Å²) < 4.78 is 0. The van der Waals surface area contributed by atoms with Crippen LogP contribution in [0.1, 0.15) is 12.8 Å². The van der Waals surface area contributed by atoms with Gasteiger partial charge in [0.25, 0.3) is 0 Å². The summed E-state index contributed by atoms with van der Waals surface area (Å²) in [5.41, 5.74) is 5.57. The summed E-state index contributed by atoms with van der Waals surface area (Å²) >= 11 is 4.95. The summed E-state index contributed by atoms with van der Waals surface area (Å²) in [5.74, 6) is 0. The van der Waals surface area contributed by atoms with Crippen molar-refractivity contribution < 1.29 is 0 Å². The number of hydrogen-bond donors (Lipinski definition) is 1. The zero-order valence-corrected chi connectivity index (χ0v) is 11.4. The number of likely N-dealkylation sites (tertiary alicyclic amines) is 1. The Morgan fingerprint density at radius 2 is 1.29 bits per heavy atom. The second kappa shape index (κ2) is 6.64. The fourth-order valence-corrected chi connectivity index (χ4v) is 2.86. The SMILES string of the molecule is NC(=S)CN1CCN(CCN2CCCC2)CC1. The van der Waals surface area contributed by atoms with Crippen molar-refractivity contribution in [1.82, 2.24) is 14.7 Å². The van der Waals surface area contributed by atoms with Gasteiger partial charge in [0.2, 0.25) is 0 Å². The maximum absolute atomic E-state index is 5.57. The Kier molecular flexibility index (Phi) is 5.16. The molecule has 2 aliphatic heterocycles. The van der Waals surface area contributed by atoms with Gasteiger partial charge in [-0.2, -0.15) is 0 Å². The van der Waals surface area contributed by atoms with Crippen LogP contribution in [0.25, 0.3) is 0 Å². The van der Waals surface area contributed by atoms with Crippen LogP contribution in [0.4, 0.5) is 0 Å². The van der Waals surface area contributed by atoms with E-state index in [2.05, 4.69) is 14.7 Å². The normalized spacial score (nSPS) is 24.2. The molecule has 0 aromatic heterocycles. The lowest BCUT2D eigenvalue weighted by atomic mass is 10.3. The molecule has 5 heteroatoms. The van der Waals surface area contributed by atoms with Gasteiger partial charge in [-0.25, -0.2) is 0 Å². The van der Waals surface area contributed by atoms with Gasteiger partial charge >= 0.3 is 0 Å². The Morgan fingerprint density at radius 1 is 0.824 bits per heavy atom. The Hall–Kier alpha value is -0.230. The van der Waals surface area contributed by atoms with Crippen LogP contribution in [0, 0.1) is 0 Å². The molecular weight excluding hydrogens is 232 g/mol. The molecule has 0 saturated carbocycles. The van der Waals surface area contributed by atoms with Gasteiger partial charge in [0.15, 0.2) is 0 Å². The standard InChI is InChI=1S/C12H24N4S/c13-12(17)11-16-9-7-15(8-10-16)6-5-14-3-1-2-4-14/h1-11H2,(H2,13,17). The van der Waals surface area contributed by atoms with E-state index < -0.39 is 0 Å². The number of thiocarbonyl (C=S) groups is 1. The second-order valence-electron chi connectivity index (χ2n) is 5.13. The molecule has 2 rings (SSSR count). The van der Waals surface area contributed by atoms with Gasteiger partial charge in [-0.15, -0.1) is 0 Å². The zero-order chi connectivity index (χ0) is 12.1. The van der Waals surface area contributed by atoms with Gasteiger partial charge in [-0.1, -0.05) is 12.2 Å². The molecule has 2 saturated heterocycles. The quantitative estimate of drug-likeness (QED) is 0.700. The van der Waals surface area contributed by atoms with Crippen LogP contribution in [0.5, 0.6) is 0 Å². The van der Waals surface area contributed by atoms with E-state index in [-0.39, 0.29) is 0 Å². The molecular formula is C12H24N4S. The predicted octanol–water partition coefficient (Wildman–Crippen LogP) is -0.0141. The lowest BCUT2D eigenvalue weighted by molar-refractivity contribution is 0.134. The van der Waals surface area contributed by atoms with Crippen molar-refractivity contribution in [3.8, 4) is 0 Å². The maximum Gasteiger partial charge on any atom is 0.0870 e. The van der Waals surface area contributed by atoms with Crippen molar-refractivity contribution in [2.75, 3.05) is 58.9 Å². The average molecular weight is 256 g/mol. The highest BCUT2D eigenvalue weighted by Crippen LogP contribution is 2.07. The fraction of sp³-hybridized carbons (Fsp3) is 0.917. The minimum atomic E-state index is 0.621. The Morgan fingerprint density at radius 3 is 1.82 bits per heavy atom. The Labute approximate surface area is 110 Å². The van der Waals surface area contributed by atoms with E-state index in [0.29, 0.717) is 4.99 Å². The predicted molar refractivity (Wildman–Crippen MR) is 75.3 cm³/mol. The molecule has 0 radical (unpaired) electrons. The lowest BCUT2D eigenvalue weighted by Crippen LogP contribution is -2.50. The van der Waals surface area contributed by atoms with Crippen molar-refractivity contribution in [1.29, 1.82) is 0 Å². The van der Waals surface area contributed by atoms with Crippen LogP contribution in [-0.2, 0) is 0 Å². The van der Waals surface area contributed by atoms with Gasteiger partial charge in [-0.05, 0) is 25.9 Å². The van der Waals surface area contributed by atoms with Gasteiger partial charge in [0.1, 0.15) is 0 Å². The molecule has 0 unspecified atom stereocenters. The Bertz CT molecular complexity index is 245. The minimum absolute atomic E-state index is 0.621. The van der Waals surface area contributed by atoms with Gasteiger partial charge in [-0.3, -0.25) is 9.80 Å². The van der Waals surface area contributed by atoms with Gasteiger partial charge in [0.05, 0.1) is 4.99 Å². The number of nitrogens with zero attached hydrogens (tertiary/aromatic N) is 3. The van der Waals surface area contributed by atoms with Crippen molar-refractivity contribution in [3.05, 3.63) is 0 Å². The van der Waals surface area contributed by atoms with Crippen molar-refractivity contribution in [2.24, 2.45) is 5.73 Å². The molecule has 0 aromatic carbocycles. The Balaban J connectivity index is 1.60. The topological polar surface area (TPSA) is 35.7 Å². The number of piperazine rings is 1.